The molecule has 10 heteroatoms. The van der Waals surface area contributed by atoms with Crippen LogP contribution >= 0.6 is 0 Å². The van der Waals surface area contributed by atoms with E-state index < -0.39 is 29.0 Å². The Kier molecular flexibility index (Phi) is 8.47. The fourth-order valence-electron chi connectivity index (χ4n) is 5.58. The molecule has 0 radical (unpaired) electrons. The number of piperidine rings is 2. The Morgan fingerprint density at radius 3 is 1.97 bits per heavy atom. The number of carbonyl (C=O) groups is 2. The first-order valence-corrected chi connectivity index (χ1v) is 12.8. The molecular formula is C28H32F4N2O4. The lowest BCUT2D eigenvalue weighted by Crippen LogP contribution is -2.44. The summed E-state index contributed by atoms with van der Waals surface area (Å²) in [5.41, 5.74) is -0.907. The van der Waals surface area contributed by atoms with Gasteiger partial charge in [-0.15, -0.1) is 0 Å². The zero-order valence-corrected chi connectivity index (χ0v) is 21.5. The molecule has 2 heterocycles. The minimum atomic E-state index is -4.81. The molecule has 0 aromatic heterocycles. The maximum Gasteiger partial charge on any atom is 0.417 e. The molecule has 0 spiro atoms. The van der Waals surface area contributed by atoms with E-state index in [4.69, 9.17) is 9.47 Å². The van der Waals surface area contributed by atoms with Crippen LogP contribution < -0.4 is 9.47 Å². The van der Waals surface area contributed by atoms with Gasteiger partial charge in [0.15, 0.2) is 11.5 Å². The Hall–Kier alpha value is -3.30. The molecule has 6 nitrogen and oxygen atoms in total. The summed E-state index contributed by atoms with van der Waals surface area (Å²) in [7, 11) is 3.11. The lowest BCUT2D eigenvalue weighted by Gasteiger charge is -2.40. The van der Waals surface area contributed by atoms with Gasteiger partial charge in [-0.2, -0.15) is 13.2 Å². The van der Waals surface area contributed by atoms with Gasteiger partial charge in [-0.1, -0.05) is 6.07 Å². The van der Waals surface area contributed by atoms with Crippen LogP contribution in [-0.4, -0.2) is 62.0 Å². The molecule has 0 saturated carbocycles. The van der Waals surface area contributed by atoms with Crippen LogP contribution in [0.5, 0.6) is 11.5 Å². The average molecular weight is 537 g/mol. The van der Waals surface area contributed by atoms with Crippen molar-refractivity contribution in [1.29, 1.82) is 0 Å². The first-order valence-electron chi connectivity index (χ1n) is 12.8. The monoisotopic (exact) mass is 536 g/mol. The van der Waals surface area contributed by atoms with Gasteiger partial charge < -0.3 is 19.3 Å². The third-order valence-electron chi connectivity index (χ3n) is 7.71. The second-order valence-corrected chi connectivity index (χ2v) is 9.90. The normalized spacial score (nSPS) is 17.4. The minimum Gasteiger partial charge on any atom is -0.493 e. The summed E-state index contributed by atoms with van der Waals surface area (Å²) in [5, 5.41) is 0. The molecular weight excluding hydrogens is 504 g/mol. The molecule has 2 aliphatic rings. The van der Waals surface area contributed by atoms with Gasteiger partial charge in [-0.3, -0.25) is 9.59 Å². The third kappa shape index (κ3) is 6.22. The molecule has 0 unspecified atom stereocenters. The van der Waals surface area contributed by atoms with Gasteiger partial charge in [0.25, 0.3) is 5.91 Å². The fourth-order valence-corrected chi connectivity index (χ4v) is 5.58. The molecule has 206 valence electrons. The number of halogens is 4. The van der Waals surface area contributed by atoms with Gasteiger partial charge in [-0.25, -0.2) is 4.39 Å². The first-order chi connectivity index (χ1) is 18.1. The Labute approximate surface area is 219 Å². The van der Waals surface area contributed by atoms with Gasteiger partial charge >= 0.3 is 6.18 Å². The largest absolute Gasteiger partial charge is 0.493 e. The van der Waals surface area contributed by atoms with E-state index in [0.29, 0.717) is 68.4 Å². The fraction of sp³-hybridized carbons (Fsp3) is 0.500. The SMILES string of the molecule is COc1ccc(CC(=O)N2CCC(C3CCN(C(=O)c4ccc(F)cc4C(F)(F)F)CC3)CC2)cc1OC. The van der Waals surface area contributed by atoms with Gasteiger partial charge in [0.1, 0.15) is 5.82 Å². The summed E-state index contributed by atoms with van der Waals surface area (Å²) < 4.78 is 64.1. The van der Waals surface area contributed by atoms with E-state index >= 15 is 0 Å². The highest BCUT2D eigenvalue weighted by Gasteiger charge is 2.38. The van der Waals surface area contributed by atoms with E-state index in [0.717, 1.165) is 30.5 Å². The number of hydrogen-bond donors (Lipinski definition) is 0. The molecule has 2 saturated heterocycles. The van der Waals surface area contributed by atoms with Crippen molar-refractivity contribution in [3.63, 3.8) is 0 Å². The number of methoxy groups -OCH3 is 2. The highest BCUT2D eigenvalue weighted by molar-refractivity contribution is 5.96. The summed E-state index contributed by atoms with van der Waals surface area (Å²) in [6.07, 6.45) is -1.44. The van der Waals surface area contributed by atoms with Crippen LogP contribution in [0.25, 0.3) is 0 Å². The molecule has 2 aromatic carbocycles. The maximum absolute atomic E-state index is 13.4. The van der Waals surface area contributed by atoms with Crippen molar-refractivity contribution in [2.24, 2.45) is 11.8 Å². The zero-order valence-electron chi connectivity index (χ0n) is 21.5. The third-order valence-corrected chi connectivity index (χ3v) is 7.71. The van der Waals surface area contributed by atoms with E-state index in [9.17, 15) is 27.2 Å². The highest BCUT2D eigenvalue weighted by atomic mass is 19.4. The van der Waals surface area contributed by atoms with Gasteiger partial charge in [-0.05, 0) is 73.4 Å². The van der Waals surface area contributed by atoms with Crippen LogP contribution in [0.2, 0.25) is 0 Å². The zero-order chi connectivity index (χ0) is 27.4. The Bertz CT molecular complexity index is 1150. The first kappa shape index (κ1) is 27.7. The minimum absolute atomic E-state index is 0.0517. The Morgan fingerprint density at radius 1 is 0.842 bits per heavy atom. The highest BCUT2D eigenvalue weighted by Crippen LogP contribution is 2.36. The predicted molar refractivity (Wildman–Crippen MR) is 133 cm³/mol. The number of benzene rings is 2. The van der Waals surface area contributed by atoms with Crippen LogP contribution in [0.3, 0.4) is 0 Å². The van der Waals surface area contributed by atoms with Crippen LogP contribution in [0.1, 0.15) is 47.2 Å². The smallest absolute Gasteiger partial charge is 0.417 e. The number of carbonyl (C=O) groups excluding carboxylic acids is 2. The molecule has 38 heavy (non-hydrogen) atoms. The van der Waals surface area contributed by atoms with Crippen LogP contribution in [-0.2, 0) is 17.4 Å². The van der Waals surface area contributed by atoms with Crippen LogP contribution in [0.4, 0.5) is 17.6 Å². The number of ether oxygens (including phenoxy) is 2. The summed E-state index contributed by atoms with van der Waals surface area (Å²) >= 11 is 0. The molecule has 0 bridgehead atoms. The maximum atomic E-state index is 13.4. The second-order valence-electron chi connectivity index (χ2n) is 9.90. The summed E-state index contributed by atoms with van der Waals surface area (Å²) in [6.45, 7) is 2.02. The predicted octanol–water partition coefficient (Wildman–Crippen LogP) is 5.20. The summed E-state index contributed by atoms with van der Waals surface area (Å²) in [4.78, 5) is 29.0. The lowest BCUT2D eigenvalue weighted by molar-refractivity contribution is -0.138. The Morgan fingerprint density at radius 2 is 1.42 bits per heavy atom. The molecule has 4 rings (SSSR count). The quantitative estimate of drug-likeness (QED) is 0.477. The number of rotatable bonds is 6. The molecule has 0 atom stereocenters. The number of alkyl halides is 3. The van der Waals surface area contributed by atoms with E-state index in [-0.39, 0.29) is 12.3 Å². The molecule has 2 aliphatic heterocycles. The number of likely N-dealkylation sites (tertiary alicyclic amines) is 2. The average Bonchev–Trinajstić information content (AvgIpc) is 2.92. The number of nitrogens with zero attached hydrogens (tertiary/aromatic N) is 2. The van der Waals surface area contributed by atoms with Gasteiger partial charge in [0, 0.05) is 26.2 Å². The van der Waals surface area contributed by atoms with Crippen molar-refractivity contribution in [3.05, 3.63) is 58.9 Å². The molecule has 2 fully saturated rings. The van der Waals surface area contributed by atoms with E-state index in [2.05, 4.69) is 0 Å². The summed E-state index contributed by atoms with van der Waals surface area (Å²) in [5.74, 6) is 0.237. The van der Waals surface area contributed by atoms with Gasteiger partial charge in [0.2, 0.25) is 5.91 Å². The van der Waals surface area contributed by atoms with Crippen molar-refractivity contribution in [3.8, 4) is 11.5 Å². The van der Waals surface area contributed by atoms with Crippen LogP contribution in [0.15, 0.2) is 36.4 Å². The lowest BCUT2D eigenvalue weighted by atomic mass is 9.78. The second kappa shape index (κ2) is 11.6. The standard InChI is InChI=1S/C28H32F4N2O4/c1-37-24-6-3-18(15-25(24)38-2)16-26(35)33-11-7-19(8-12-33)20-9-13-34(14-10-20)27(36)22-5-4-21(29)17-23(22)28(30,31)32/h3-6,15,17,19-20H,7-14,16H2,1-2H3. The molecule has 0 aliphatic carbocycles. The van der Waals surface area contributed by atoms with Crippen molar-refractivity contribution in [1.82, 2.24) is 9.80 Å². The topological polar surface area (TPSA) is 59.1 Å². The molecule has 2 amide bonds. The summed E-state index contributed by atoms with van der Waals surface area (Å²) in [6, 6.07) is 7.62. The van der Waals surface area contributed by atoms with Crippen molar-refractivity contribution >= 4 is 11.8 Å². The van der Waals surface area contributed by atoms with Crippen molar-refractivity contribution in [2.45, 2.75) is 38.3 Å². The van der Waals surface area contributed by atoms with Crippen molar-refractivity contribution in [2.75, 3.05) is 40.4 Å². The van der Waals surface area contributed by atoms with Crippen molar-refractivity contribution < 1.29 is 36.6 Å². The van der Waals surface area contributed by atoms with E-state index in [1.165, 1.54) is 4.90 Å². The molecule has 2 aromatic rings. The van der Waals surface area contributed by atoms with E-state index in [1.807, 2.05) is 17.0 Å². The van der Waals surface area contributed by atoms with Gasteiger partial charge in [0.05, 0.1) is 31.8 Å². The molecule has 0 N–H and O–H groups in total. The number of amides is 2. The van der Waals surface area contributed by atoms with E-state index in [1.54, 1.807) is 20.3 Å². The Balaban J connectivity index is 1.28. The van der Waals surface area contributed by atoms with Crippen LogP contribution in [0, 0.1) is 17.7 Å². The number of hydrogen-bond acceptors (Lipinski definition) is 4.